The van der Waals surface area contributed by atoms with E-state index in [2.05, 4.69) is 25.7 Å². The third-order valence-electron chi connectivity index (χ3n) is 3.65. The fourth-order valence-electron chi connectivity index (χ4n) is 2.38. The van der Waals surface area contributed by atoms with E-state index in [0.29, 0.717) is 33.9 Å². The van der Waals surface area contributed by atoms with Gasteiger partial charge in [-0.1, -0.05) is 29.1 Å². The van der Waals surface area contributed by atoms with Crippen LogP contribution in [0.2, 0.25) is 0 Å². The molecule has 27 heavy (non-hydrogen) atoms. The highest BCUT2D eigenvalue weighted by Crippen LogP contribution is 2.27. The largest absolute Gasteiger partial charge is 0.494 e. The van der Waals surface area contributed by atoms with Gasteiger partial charge < -0.3 is 9.26 Å². The van der Waals surface area contributed by atoms with Gasteiger partial charge in [0.1, 0.15) is 17.3 Å². The summed E-state index contributed by atoms with van der Waals surface area (Å²) in [6.45, 7) is 0. The summed E-state index contributed by atoms with van der Waals surface area (Å²) < 4.78 is 25.2. The molecule has 2 heterocycles. The third-order valence-corrected chi connectivity index (χ3v) is 4.55. The Labute approximate surface area is 157 Å². The standard InChI is InChI=1S/C17H13FN6O2S/c1-25-14-5-3-2-4-13(14)24-17(20-22-23-24)27-10-15-19-16(21-26-15)11-6-8-12(18)9-7-11/h2-9H,10H2,1H3. The molecule has 0 saturated carbocycles. The smallest absolute Gasteiger partial charge is 0.237 e. The van der Waals surface area contributed by atoms with E-state index in [4.69, 9.17) is 9.26 Å². The van der Waals surface area contributed by atoms with E-state index < -0.39 is 0 Å². The molecule has 8 nitrogen and oxygen atoms in total. The number of aromatic nitrogens is 6. The molecule has 136 valence electrons. The molecule has 0 unspecified atom stereocenters. The number of para-hydroxylation sites is 2. The first-order valence-corrected chi connectivity index (χ1v) is 8.86. The van der Waals surface area contributed by atoms with Gasteiger partial charge in [0.2, 0.25) is 16.9 Å². The van der Waals surface area contributed by atoms with Crippen LogP contribution in [0.3, 0.4) is 0 Å². The molecule has 4 aromatic rings. The third kappa shape index (κ3) is 3.65. The summed E-state index contributed by atoms with van der Waals surface area (Å²) in [4.78, 5) is 4.32. The summed E-state index contributed by atoms with van der Waals surface area (Å²) >= 11 is 1.35. The van der Waals surface area contributed by atoms with Crippen LogP contribution in [0.5, 0.6) is 5.75 Å². The number of rotatable bonds is 6. The van der Waals surface area contributed by atoms with E-state index in [-0.39, 0.29) is 5.82 Å². The lowest BCUT2D eigenvalue weighted by Gasteiger charge is -2.08. The number of nitrogens with zero attached hydrogens (tertiary/aromatic N) is 6. The number of thioether (sulfide) groups is 1. The van der Waals surface area contributed by atoms with Crippen molar-refractivity contribution in [1.29, 1.82) is 0 Å². The Morgan fingerprint density at radius 1 is 1.15 bits per heavy atom. The van der Waals surface area contributed by atoms with Gasteiger partial charge in [0.15, 0.2) is 0 Å². The van der Waals surface area contributed by atoms with Gasteiger partial charge in [-0.25, -0.2) is 4.39 Å². The van der Waals surface area contributed by atoms with Gasteiger partial charge in [-0.05, 0) is 46.8 Å². The number of benzene rings is 2. The highest BCUT2D eigenvalue weighted by atomic mass is 32.2. The average molecular weight is 384 g/mol. The van der Waals surface area contributed by atoms with Crippen LogP contribution in [-0.4, -0.2) is 37.5 Å². The summed E-state index contributed by atoms with van der Waals surface area (Å²) in [6, 6.07) is 13.3. The van der Waals surface area contributed by atoms with Gasteiger partial charge in [0, 0.05) is 5.56 Å². The molecule has 0 radical (unpaired) electrons. The molecule has 0 aliphatic carbocycles. The lowest BCUT2D eigenvalue weighted by molar-refractivity contribution is 0.391. The summed E-state index contributed by atoms with van der Waals surface area (Å²) in [6.07, 6.45) is 0. The van der Waals surface area contributed by atoms with E-state index in [0.717, 1.165) is 5.69 Å². The summed E-state index contributed by atoms with van der Waals surface area (Å²) in [5.41, 5.74) is 1.40. The minimum atomic E-state index is -0.318. The molecule has 0 fully saturated rings. The second-order valence-electron chi connectivity index (χ2n) is 5.35. The molecule has 4 rings (SSSR count). The van der Waals surface area contributed by atoms with Crippen LogP contribution in [-0.2, 0) is 5.75 Å². The van der Waals surface area contributed by atoms with Crippen molar-refractivity contribution >= 4 is 11.8 Å². The van der Waals surface area contributed by atoms with Crippen LogP contribution >= 0.6 is 11.8 Å². The molecular weight excluding hydrogens is 371 g/mol. The quantitative estimate of drug-likeness (QED) is 0.468. The monoisotopic (exact) mass is 384 g/mol. The first kappa shape index (κ1) is 17.2. The van der Waals surface area contributed by atoms with Crippen molar-refractivity contribution in [2.75, 3.05) is 7.11 Å². The van der Waals surface area contributed by atoms with E-state index in [1.165, 1.54) is 23.9 Å². The van der Waals surface area contributed by atoms with Crippen molar-refractivity contribution in [2.24, 2.45) is 0 Å². The fourth-order valence-corrected chi connectivity index (χ4v) is 3.10. The van der Waals surface area contributed by atoms with Crippen molar-refractivity contribution in [3.05, 3.63) is 60.2 Å². The molecule has 0 spiro atoms. The van der Waals surface area contributed by atoms with Gasteiger partial charge in [-0.15, -0.1) is 5.10 Å². The molecule has 0 aliphatic heterocycles. The SMILES string of the molecule is COc1ccccc1-n1nnnc1SCc1nc(-c2ccc(F)cc2)no1. The highest BCUT2D eigenvalue weighted by Gasteiger charge is 2.15. The molecule has 0 aliphatic rings. The van der Waals surface area contributed by atoms with Crippen LogP contribution in [0, 0.1) is 5.82 Å². The van der Waals surface area contributed by atoms with E-state index in [1.807, 2.05) is 24.3 Å². The minimum absolute atomic E-state index is 0.318. The minimum Gasteiger partial charge on any atom is -0.494 e. The number of ether oxygens (including phenoxy) is 1. The van der Waals surface area contributed by atoms with Crippen LogP contribution in [0.1, 0.15) is 5.89 Å². The Balaban J connectivity index is 1.51. The summed E-state index contributed by atoms with van der Waals surface area (Å²) in [7, 11) is 1.59. The first-order chi connectivity index (χ1) is 13.2. The van der Waals surface area contributed by atoms with Gasteiger partial charge >= 0.3 is 0 Å². The predicted octanol–water partition coefficient (Wildman–Crippen LogP) is 3.15. The first-order valence-electron chi connectivity index (χ1n) is 7.87. The Morgan fingerprint density at radius 3 is 2.78 bits per heavy atom. The van der Waals surface area contributed by atoms with E-state index >= 15 is 0 Å². The van der Waals surface area contributed by atoms with Gasteiger partial charge in [0.25, 0.3) is 0 Å². The molecule has 2 aromatic heterocycles. The molecule has 0 amide bonds. The summed E-state index contributed by atoms with van der Waals surface area (Å²) in [5, 5.41) is 16.3. The van der Waals surface area contributed by atoms with Crippen LogP contribution < -0.4 is 4.74 Å². The van der Waals surface area contributed by atoms with E-state index in [9.17, 15) is 4.39 Å². The number of methoxy groups -OCH3 is 1. The lowest BCUT2D eigenvalue weighted by atomic mass is 10.2. The molecule has 0 atom stereocenters. The zero-order valence-corrected chi connectivity index (χ0v) is 14.9. The van der Waals surface area contributed by atoms with Crippen LogP contribution in [0.4, 0.5) is 4.39 Å². The molecule has 0 bridgehead atoms. The summed E-state index contributed by atoms with van der Waals surface area (Å²) in [5.74, 6) is 1.53. The van der Waals surface area contributed by atoms with Crippen LogP contribution in [0.25, 0.3) is 17.1 Å². The highest BCUT2D eigenvalue weighted by molar-refractivity contribution is 7.98. The average Bonchev–Trinajstić information content (AvgIpc) is 3.36. The van der Waals surface area contributed by atoms with Crippen LogP contribution in [0.15, 0.2) is 58.2 Å². The van der Waals surface area contributed by atoms with Crippen molar-refractivity contribution < 1.29 is 13.7 Å². The van der Waals surface area contributed by atoms with Crippen molar-refractivity contribution in [3.8, 4) is 22.8 Å². The lowest BCUT2D eigenvalue weighted by Crippen LogP contribution is -2.01. The fraction of sp³-hybridized carbons (Fsp3) is 0.118. The molecule has 0 N–H and O–H groups in total. The number of hydrogen-bond donors (Lipinski definition) is 0. The van der Waals surface area contributed by atoms with Crippen molar-refractivity contribution in [2.45, 2.75) is 10.9 Å². The van der Waals surface area contributed by atoms with Crippen molar-refractivity contribution in [3.63, 3.8) is 0 Å². The number of tetrazole rings is 1. The Kier molecular flexibility index (Phi) is 4.79. The second-order valence-corrected chi connectivity index (χ2v) is 6.29. The Bertz CT molecular complexity index is 1050. The normalized spacial score (nSPS) is 10.9. The van der Waals surface area contributed by atoms with Gasteiger partial charge in [-0.2, -0.15) is 9.67 Å². The maximum atomic E-state index is 13.0. The number of hydrogen-bond acceptors (Lipinski definition) is 8. The van der Waals surface area contributed by atoms with Crippen molar-refractivity contribution in [1.82, 2.24) is 30.3 Å². The van der Waals surface area contributed by atoms with Gasteiger partial charge in [-0.3, -0.25) is 0 Å². The molecule has 2 aromatic carbocycles. The predicted molar refractivity (Wildman–Crippen MR) is 95.0 cm³/mol. The maximum Gasteiger partial charge on any atom is 0.237 e. The molecule has 10 heteroatoms. The topological polar surface area (TPSA) is 91.8 Å². The van der Waals surface area contributed by atoms with E-state index in [1.54, 1.807) is 23.9 Å². The maximum absolute atomic E-state index is 13.0. The number of halogens is 1. The zero-order chi connectivity index (χ0) is 18.6. The Hall–Kier alpha value is -3.27. The molecular formula is C17H13FN6O2S. The zero-order valence-electron chi connectivity index (χ0n) is 14.1. The van der Waals surface area contributed by atoms with Gasteiger partial charge in [0.05, 0.1) is 12.9 Å². The second kappa shape index (κ2) is 7.54. The Morgan fingerprint density at radius 2 is 1.96 bits per heavy atom. The molecule has 0 saturated heterocycles.